The Bertz CT molecular complexity index is 454. The molecule has 0 radical (unpaired) electrons. The van der Waals surface area contributed by atoms with Gasteiger partial charge in [0.1, 0.15) is 0 Å². The summed E-state index contributed by atoms with van der Waals surface area (Å²) in [6, 6.07) is 7.57. The van der Waals surface area contributed by atoms with E-state index in [9.17, 15) is 9.90 Å². The van der Waals surface area contributed by atoms with Crippen molar-refractivity contribution in [3.63, 3.8) is 0 Å². The van der Waals surface area contributed by atoms with Crippen LogP contribution in [-0.4, -0.2) is 41.1 Å². The van der Waals surface area contributed by atoms with Crippen molar-refractivity contribution in [1.82, 2.24) is 4.90 Å². The molecule has 4 heteroatoms. The summed E-state index contributed by atoms with van der Waals surface area (Å²) >= 11 is 0. The van der Waals surface area contributed by atoms with Gasteiger partial charge in [-0.15, -0.1) is 0 Å². The van der Waals surface area contributed by atoms with Gasteiger partial charge < -0.3 is 15.3 Å². The van der Waals surface area contributed by atoms with Crippen molar-refractivity contribution in [2.45, 2.75) is 38.7 Å². The molecular formula is C16H24N2O2. The average Bonchev–Trinajstić information content (AvgIpc) is 2.44. The maximum absolute atomic E-state index is 12.4. The van der Waals surface area contributed by atoms with Gasteiger partial charge in [0, 0.05) is 30.9 Å². The molecule has 1 aromatic rings. The first kappa shape index (κ1) is 14.9. The van der Waals surface area contributed by atoms with Gasteiger partial charge >= 0.3 is 0 Å². The molecule has 110 valence electrons. The number of nitrogens with zero attached hydrogens (tertiary/aromatic N) is 1. The van der Waals surface area contributed by atoms with E-state index in [-0.39, 0.29) is 5.91 Å². The fourth-order valence-corrected chi connectivity index (χ4v) is 2.58. The van der Waals surface area contributed by atoms with Gasteiger partial charge in [0.25, 0.3) is 5.91 Å². The second-order valence-corrected chi connectivity index (χ2v) is 5.83. The molecule has 0 aliphatic carbocycles. The molecule has 0 saturated carbocycles. The number of rotatable bonds is 4. The number of aliphatic hydroxyl groups is 1. The largest absolute Gasteiger partial charge is 0.388 e. The Morgan fingerprint density at radius 3 is 2.70 bits per heavy atom. The first-order valence-electron chi connectivity index (χ1n) is 7.37. The summed E-state index contributed by atoms with van der Waals surface area (Å²) in [5, 5.41) is 13.4. The van der Waals surface area contributed by atoms with E-state index in [4.69, 9.17) is 0 Å². The fourth-order valence-electron chi connectivity index (χ4n) is 2.58. The summed E-state index contributed by atoms with van der Waals surface area (Å²) in [4.78, 5) is 14.2. The Balaban J connectivity index is 2.01. The highest BCUT2D eigenvalue weighted by Gasteiger charge is 2.31. The van der Waals surface area contributed by atoms with Crippen LogP contribution in [0.15, 0.2) is 24.3 Å². The Hall–Kier alpha value is -1.55. The zero-order chi connectivity index (χ0) is 14.6. The highest BCUT2D eigenvalue weighted by molar-refractivity contribution is 5.94. The Morgan fingerprint density at radius 1 is 1.40 bits per heavy atom. The first-order chi connectivity index (χ1) is 9.52. The third-order valence-electron chi connectivity index (χ3n) is 3.67. The van der Waals surface area contributed by atoms with E-state index >= 15 is 0 Å². The molecule has 1 fully saturated rings. The summed E-state index contributed by atoms with van der Waals surface area (Å²) in [6.07, 6.45) is 2.69. The summed E-state index contributed by atoms with van der Waals surface area (Å²) < 4.78 is 0. The van der Waals surface area contributed by atoms with Gasteiger partial charge in [-0.2, -0.15) is 0 Å². The molecule has 4 nitrogen and oxygen atoms in total. The molecule has 2 N–H and O–H groups in total. The quantitative estimate of drug-likeness (QED) is 0.888. The Labute approximate surface area is 120 Å². The van der Waals surface area contributed by atoms with E-state index < -0.39 is 5.60 Å². The first-order valence-corrected chi connectivity index (χ1v) is 7.37. The Kier molecular flexibility index (Phi) is 4.65. The van der Waals surface area contributed by atoms with Crippen LogP contribution in [0, 0.1) is 0 Å². The number of hydrogen-bond acceptors (Lipinski definition) is 3. The van der Waals surface area contributed by atoms with Crippen molar-refractivity contribution in [1.29, 1.82) is 0 Å². The highest BCUT2D eigenvalue weighted by Crippen LogP contribution is 2.22. The number of carbonyl (C=O) groups is 1. The van der Waals surface area contributed by atoms with Gasteiger partial charge in [-0.05, 0) is 50.5 Å². The van der Waals surface area contributed by atoms with Crippen LogP contribution in [-0.2, 0) is 0 Å². The molecule has 0 aromatic heterocycles. The molecule has 1 aliphatic rings. The van der Waals surface area contributed by atoms with Gasteiger partial charge in [-0.3, -0.25) is 4.79 Å². The molecule has 1 amide bonds. The van der Waals surface area contributed by atoms with E-state index in [1.54, 1.807) is 11.8 Å². The monoisotopic (exact) mass is 276 g/mol. The van der Waals surface area contributed by atoms with Crippen LogP contribution in [0.1, 0.15) is 43.5 Å². The van der Waals surface area contributed by atoms with Crippen molar-refractivity contribution >= 4 is 11.6 Å². The summed E-state index contributed by atoms with van der Waals surface area (Å²) in [6.45, 7) is 5.99. The topological polar surface area (TPSA) is 52.6 Å². The lowest BCUT2D eigenvalue weighted by Crippen LogP contribution is -2.48. The maximum Gasteiger partial charge on any atom is 0.253 e. The standard InChI is InChI=1S/C16H24N2O2/c1-3-10-17-14-7-5-13(6-8-14)15(19)18-11-4-9-16(2,20)12-18/h5-8,17,20H,3-4,9-12H2,1-2H3. The molecule has 0 bridgehead atoms. The van der Waals surface area contributed by atoms with Gasteiger partial charge in [0.15, 0.2) is 0 Å². The van der Waals surface area contributed by atoms with Crippen molar-refractivity contribution in [3.05, 3.63) is 29.8 Å². The van der Waals surface area contributed by atoms with Gasteiger partial charge in [0.05, 0.1) is 5.60 Å². The minimum atomic E-state index is -0.753. The van der Waals surface area contributed by atoms with Crippen LogP contribution in [0.5, 0.6) is 0 Å². The second-order valence-electron chi connectivity index (χ2n) is 5.83. The van der Waals surface area contributed by atoms with Gasteiger partial charge in [0.2, 0.25) is 0 Å². The smallest absolute Gasteiger partial charge is 0.253 e. The van der Waals surface area contributed by atoms with Crippen LogP contribution < -0.4 is 5.32 Å². The number of β-amino-alcohol motifs (C(OH)–C–C–N with tert-alkyl or cyclic N) is 1. The summed E-state index contributed by atoms with van der Waals surface area (Å²) in [7, 11) is 0. The number of carbonyl (C=O) groups excluding carboxylic acids is 1. The summed E-state index contributed by atoms with van der Waals surface area (Å²) in [5.41, 5.74) is 0.968. The molecule has 20 heavy (non-hydrogen) atoms. The lowest BCUT2D eigenvalue weighted by molar-refractivity contribution is -0.0107. The number of piperidine rings is 1. The van der Waals surface area contributed by atoms with Crippen LogP contribution in [0.4, 0.5) is 5.69 Å². The minimum Gasteiger partial charge on any atom is -0.388 e. The molecule has 2 rings (SSSR count). The van der Waals surface area contributed by atoms with Gasteiger partial charge in [-0.1, -0.05) is 6.92 Å². The molecule has 1 aromatic carbocycles. The maximum atomic E-state index is 12.4. The zero-order valence-corrected chi connectivity index (χ0v) is 12.4. The third-order valence-corrected chi connectivity index (χ3v) is 3.67. The van der Waals surface area contributed by atoms with E-state index in [2.05, 4.69) is 12.2 Å². The fraction of sp³-hybridized carbons (Fsp3) is 0.562. The number of nitrogens with one attached hydrogen (secondary N) is 1. The third kappa shape index (κ3) is 3.73. The van der Waals surface area contributed by atoms with Crippen molar-refractivity contribution < 1.29 is 9.90 Å². The minimum absolute atomic E-state index is 0.00650. The van der Waals surface area contributed by atoms with Crippen LogP contribution in [0.3, 0.4) is 0 Å². The normalized spacial score (nSPS) is 22.6. The van der Waals surface area contributed by atoms with E-state index in [1.165, 1.54) is 0 Å². The van der Waals surface area contributed by atoms with Gasteiger partial charge in [-0.25, -0.2) is 0 Å². The SMILES string of the molecule is CCCNc1ccc(C(=O)N2CCCC(C)(O)C2)cc1. The number of hydrogen-bond donors (Lipinski definition) is 2. The van der Waals surface area contributed by atoms with Crippen LogP contribution in [0.2, 0.25) is 0 Å². The molecule has 1 atom stereocenters. The van der Waals surface area contributed by atoms with Crippen molar-refractivity contribution in [2.24, 2.45) is 0 Å². The zero-order valence-electron chi connectivity index (χ0n) is 12.4. The number of likely N-dealkylation sites (tertiary alicyclic amines) is 1. The lowest BCUT2D eigenvalue weighted by atomic mass is 9.94. The van der Waals surface area contributed by atoms with E-state index in [0.29, 0.717) is 12.1 Å². The van der Waals surface area contributed by atoms with Crippen molar-refractivity contribution in [2.75, 3.05) is 25.0 Å². The molecule has 1 heterocycles. The van der Waals surface area contributed by atoms with Crippen LogP contribution in [0.25, 0.3) is 0 Å². The molecule has 1 aliphatic heterocycles. The number of anilines is 1. The molecule has 0 spiro atoms. The number of amides is 1. The van der Waals surface area contributed by atoms with Crippen LogP contribution >= 0.6 is 0 Å². The molecule has 1 unspecified atom stereocenters. The second kappa shape index (κ2) is 6.27. The van der Waals surface area contributed by atoms with E-state index in [1.807, 2.05) is 24.3 Å². The predicted molar refractivity (Wildman–Crippen MR) is 81.0 cm³/mol. The summed E-state index contributed by atoms with van der Waals surface area (Å²) in [5.74, 6) is 0.00650. The average molecular weight is 276 g/mol. The highest BCUT2D eigenvalue weighted by atomic mass is 16.3. The van der Waals surface area contributed by atoms with Crippen molar-refractivity contribution in [3.8, 4) is 0 Å². The Morgan fingerprint density at radius 2 is 2.10 bits per heavy atom. The molecule has 1 saturated heterocycles. The molecular weight excluding hydrogens is 252 g/mol. The number of benzene rings is 1. The lowest BCUT2D eigenvalue weighted by Gasteiger charge is -2.36. The predicted octanol–water partition coefficient (Wildman–Crippen LogP) is 2.50. The van der Waals surface area contributed by atoms with E-state index in [0.717, 1.165) is 38.0 Å².